The van der Waals surface area contributed by atoms with Gasteiger partial charge in [0.05, 0.1) is 11.4 Å². The SMILES string of the molecule is CC#N.CC(=O)Nc1cc(C)c(C(=O)CBr)c(C)c1. The van der Waals surface area contributed by atoms with Crippen LogP contribution in [0, 0.1) is 25.2 Å². The molecule has 1 aromatic carbocycles. The van der Waals surface area contributed by atoms with E-state index >= 15 is 0 Å². The summed E-state index contributed by atoms with van der Waals surface area (Å²) in [5, 5.41) is 10.3. The van der Waals surface area contributed by atoms with E-state index in [0.29, 0.717) is 5.33 Å². The standard InChI is InChI=1S/C12H14BrNO2.C2H3N/c1-7-4-10(14-9(3)15)5-8(2)12(7)11(16)6-13;1-2-3/h4-5H,6H2,1-3H3,(H,14,15);1H3. The van der Waals surface area contributed by atoms with Gasteiger partial charge < -0.3 is 5.32 Å². The maximum Gasteiger partial charge on any atom is 0.221 e. The molecule has 5 heteroatoms. The van der Waals surface area contributed by atoms with E-state index in [1.165, 1.54) is 13.8 Å². The van der Waals surface area contributed by atoms with Crippen molar-refractivity contribution in [3.63, 3.8) is 0 Å². The van der Waals surface area contributed by atoms with Crippen LogP contribution >= 0.6 is 15.9 Å². The van der Waals surface area contributed by atoms with Crippen molar-refractivity contribution >= 4 is 33.3 Å². The number of halogens is 1. The highest BCUT2D eigenvalue weighted by atomic mass is 79.9. The maximum absolute atomic E-state index is 11.7. The molecule has 0 saturated carbocycles. The number of carbonyl (C=O) groups excluding carboxylic acids is 2. The molecule has 0 radical (unpaired) electrons. The van der Waals surface area contributed by atoms with Crippen LogP contribution in [0.15, 0.2) is 12.1 Å². The molecule has 0 aliphatic heterocycles. The number of alkyl halides is 1. The van der Waals surface area contributed by atoms with Gasteiger partial charge in [-0.15, -0.1) is 0 Å². The molecular formula is C14H17BrN2O2. The number of amides is 1. The zero-order chi connectivity index (χ0) is 15.0. The van der Waals surface area contributed by atoms with Crippen LogP contribution in [0.25, 0.3) is 0 Å². The summed E-state index contributed by atoms with van der Waals surface area (Å²) in [6.45, 7) is 6.63. The third kappa shape index (κ3) is 5.66. The number of anilines is 1. The topological polar surface area (TPSA) is 70.0 Å². The Hall–Kier alpha value is -1.67. The summed E-state index contributed by atoms with van der Waals surface area (Å²) < 4.78 is 0. The lowest BCUT2D eigenvalue weighted by Crippen LogP contribution is -2.10. The van der Waals surface area contributed by atoms with Crippen molar-refractivity contribution in [2.75, 3.05) is 10.6 Å². The van der Waals surface area contributed by atoms with E-state index in [-0.39, 0.29) is 11.7 Å². The zero-order valence-electron chi connectivity index (χ0n) is 11.5. The first-order chi connectivity index (χ1) is 8.87. The second-order valence-electron chi connectivity index (χ2n) is 3.95. The van der Waals surface area contributed by atoms with E-state index in [1.807, 2.05) is 26.0 Å². The largest absolute Gasteiger partial charge is 0.326 e. The summed E-state index contributed by atoms with van der Waals surface area (Å²) in [6.07, 6.45) is 0. The average molecular weight is 325 g/mol. The number of hydrogen-bond acceptors (Lipinski definition) is 3. The number of rotatable bonds is 3. The monoisotopic (exact) mass is 324 g/mol. The summed E-state index contributed by atoms with van der Waals surface area (Å²) in [6, 6.07) is 5.37. The summed E-state index contributed by atoms with van der Waals surface area (Å²) in [7, 11) is 0. The molecule has 4 nitrogen and oxygen atoms in total. The molecule has 0 spiro atoms. The quantitative estimate of drug-likeness (QED) is 0.684. The smallest absolute Gasteiger partial charge is 0.221 e. The van der Waals surface area contributed by atoms with Crippen molar-refractivity contribution in [2.24, 2.45) is 0 Å². The lowest BCUT2D eigenvalue weighted by atomic mass is 9.99. The van der Waals surface area contributed by atoms with Crippen molar-refractivity contribution in [1.29, 1.82) is 5.26 Å². The van der Waals surface area contributed by atoms with Crippen molar-refractivity contribution in [3.8, 4) is 6.07 Å². The van der Waals surface area contributed by atoms with Crippen molar-refractivity contribution in [2.45, 2.75) is 27.7 Å². The lowest BCUT2D eigenvalue weighted by molar-refractivity contribution is -0.114. The van der Waals surface area contributed by atoms with Crippen LogP contribution in [0.5, 0.6) is 0 Å². The molecule has 1 aromatic rings. The Morgan fingerprint density at radius 1 is 1.32 bits per heavy atom. The predicted molar refractivity (Wildman–Crippen MR) is 79.6 cm³/mol. The molecule has 19 heavy (non-hydrogen) atoms. The van der Waals surface area contributed by atoms with E-state index < -0.39 is 0 Å². The minimum atomic E-state index is -0.113. The molecule has 1 N–H and O–H groups in total. The Balaban J connectivity index is 0.000000982. The third-order valence-electron chi connectivity index (χ3n) is 2.25. The highest BCUT2D eigenvalue weighted by molar-refractivity contribution is 9.09. The Morgan fingerprint density at radius 3 is 2.05 bits per heavy atom. The first-order valence-corrected chi connectivity index (χ1v) is 6.78. The molecular weight excluding hydrogens is 308 g/mol. The molecule has 0 aliphatic rings. The van der Waals surface area contributed by atoms with Gasteiger partial charge in [-0.05, 0) is 37.1 Å². The summed E-state index contributed by atoms with van der Waals surface area (Å²) in [4.78, 5) is 22.6. The Kier molecular flexibility index (Phi) is 7.69. The molecule has 0 unspecified atom stereocenters. The number of hydrogen-bond donors (Lipinski definition) is 1. The number of nitrogens with zero attached hydrogens (tertiary/aromatic N) is 1. The number of Topliss-reactive ketones (excluding diaryl/α,β-unsaturated/α-hetero) is 1. The lowest BCUT2D eigenvalue weighted by Gasteiger charge is -2.11. The van der Waals surface area contributed by atoms with Gasteiger partial charge in [0.1, 0.15) is 0 Å². The molecule has 0 atom stereocenters. The zero-order valence-corrected chi connectivity index (χ0v) is 13.1. The van der Waals surface area contributed by atoms with Gasteiger partial charge in [0, 0.05) is 25.1 Å². The average Bonchev–Trinajstić information content (AvgIpc) is 2.27. The predicted octanol–water partition coefficient (Wildman–Crippen LogP) is 3.37. The molecule has 0 fully saturated rings. The molecule has 102 valence electrons. The van der Waals surface area contributed by atoms with Crippen LogP contribution in [0.2, 0.25) is 0 Å². The Labute approximate surface area is 121 Å². The highest BCUT2D eigenvalue weighted by Gasteiger charge is 2.12. The number of nitrogens with one attached hydrogen (secondary N) is 1. The molecule has 0 aromatic heterocycles. The molecule has 0 saturated heterocycles. The normalized spacial score (nSPS) is 8.84. The third-order valence-corrected chi connectivity index (χ3v) is 2.76. The van der Waals surface area contributed by atoms with Crippen molar-refractivity contribution in [1.82, 2.24) is 0 Å². The Morgan fingerprint density at radius 2 is 1.74 bits per heavy atom. The van der Waals surface area contributed by atoms with Gasteiger partial charge in [-0.3, -0.25) is 9.59 Å². The summed E-state index contributed by atoms with van der Waals surface area (Å²) in [5.74, 6) is -0.0530. The molecule has 1 amide bonds. The van der Waals surface area contributed by atoms with Crippen molar-refractivity contribution in [3.05, 3.63) is 28.8 Å². The van der Waals surface area contributed by atoms with Crippen LogP contribution in [0.1, 0.15) is 35.3 Å². The molecule has 1 rings (SSSR count). The number of aryl methyl sites for hydroxylation is 2. The van der Waals surface area contributed by atoms with E-state index in [9.17, 15) is 9.59 Å². The summed E-state index contributed by atoms with van der Waals surface area (Å²) in [5.41, 5.74) is 3.22. The second kappa shape index (κ2) is 8.44. The van der Waals surface area contributed by atoms with Gasteiger partial charge in [-0.2, -0.15) is 5.26 Å². The fourth-order valence-electron chi connectivity index (χ4n) is 1.75. The van der Waals surface area contributed by atoms with E-state index in [2.05, 4.69) is 21.2 Å². The number of benzene rings is 1. The summed E-state index contributed by atoms with van der Waals surface area (Å²) >= 11 is 3.16. The highest BCUT2D eigenvalue weighted by Crippen LogP contribution is 2.21. The van der Waals surface area contributed by atoms with Gasteiger partial charge in [0.25, 0.3) is 0 Å². The molecule has 0 heterocycles. The van der Waals surface area contributed by atoms with Gasteiger partial charge >= 0.3 is 0 Å². The van der Waals surface area contributed by atoms with Crippen LogP contribution in [0.3, 0.4) is 0 Å². The van der Waals surface area contributed by atoms with Crippen LogP contribution in [0.4, 0.5) is 5.69 Å². The number of ketones is 1. The van der Waals surface area contributed by atoms with Crippen LogP contribution < -0.4 is 5.32 Å². The maximum atomic E-state index is 11.7. The minimum absolute atomic E-state index is 0.0596. The van der Waals surface area contributed by atoms with E-state index in [1.54, 1.807) is 6.07 Å². The fourth-order valence-corrected chi connectivity index (χ4v) is 2.03. The van der Waals surface area contributed by atoms with E-state index in [4.69, 9.17) is 5.26 Å². The second-order valence-corrected chi connectivity index (χ2v) is 4.51. The van der Waals surface area contributed by atoms with Gasteiger partial charge in [0.15, 0.2) is 5.78 Å². The fraction of sp³-hybridized carbons (Fsp3) is 0.357. The minimum Gasteiger partial charge on any atom is -0.326 e. The van der Waals surface area contributed by atoms with Crippen LogP contribution in [-0.2, 0) is 4.79 Å². The number of carbonyl (C=O) groups is 2. The number of nitriles is 1. The first-order valence-electron chi connectivity index (χ1n) is 5.66. The molecule has 0 aliphatic carbocycles. The van der Waals surface area contributed by atoms with Crippen molar-refractivity contribution < 1.29 is 9.59 Å². The van der Waals surface area contributed by atoms with E-state index in [0.717, 1.165) is 22.4 Å². The van der Waals surface area contributed by atoms with Gasteiger partial charge in [-0.1, -0.05) is 15.9 Å². The van der Waals surface area contributed by atoms with Gasteiger partial charge in [-0.25, -0.2) is 0 Å². The molecule has 0 bridgehead atoms. The van der Waals surface area contributed by atoms with Crippen LogP contribution in [-0.4, -0.2) is 17.0 Å². The Bertz CT molecular complexity index is 496. The van der Waals surface area contributed by atoms with Gasteiger partial charge in [0.2, 0.25) is 5.91 Å². The first kappa shape index (κ1) is 17.3.